The summed E-state index contributed by atoms with van der Waals surface area (Å²) in [6.45, 7) is 4.55. The fraction of sp³-hybridized carbons (Fsp3) is 0.500. The molecule has 0 aliphatic carbocycles. The van der Waals surface area contributed by atoms with E-state index in [1.165, 1.54) is 11.3 Å². The Morgan fingerprint density at radius 1 is 1.47 bits per heavy atom. The minimum atomic E-state index is -0.170. The monoisotopic (exact) mass is 280 g/mol. The van der Waals surface area contributed by atoms with Crippen molar-refractivity contribution in [2.75, 3.05) is 27.2 Å². The molecular weight excluding hydrogens is 260 g/mol. The third-order valence-corrected chi connectivity index (χ3v) is 4.01. The molecule has 1 aromatic heterocycles. The van der Waals surface area contributed by atoms with Gasteiger partial charge >= 0.3 is 0 Å². The third kappa shape index (κ3) is 4.67. The van der Waals surface area contributed by atoms with Crippen molar-refractivity contribution < 1.29 is 9.90 Å². The molecule has 0 atom stereocenters. The molecule has 0 aliphatic heterocycles. The molecule has 0 saturated heterocycles. The molecule has 1 rings (SSSR count). The van der Waals surface area contributed by atoms with Gasteiger partial charge in [-0.05, 0) is 40.1 Å². The number of likely N-dealkylation sites (N-methyl/N-ethyl adjacent to an activating group) is 1. The summed E-state index contributed by atoms with van der Waals surface area (Å²) in [5, 5.41) is 11.5. The third-order valence-electron chi connectivity index (χ3n) is 3.01. The normalized spacial score (nSPS) is 11.1. The molecule has 2 N–H and O–H groups in total. The predicted molar refractivity (Wildman–Crippen MR) is 78.4 cm³/mol. The Balaban J connectivity index is 2.62. The van der Waals surface area contributed by atoms with E-state index in [1.54, 1.807) is 12.1 Å². The zero-order valence-electron chi connectivity index (χ0n) is 11.8. The van der Waals surface area contributed by atoms with Gasteiger partial charge in [-0.15, -0.1) is 11.3 Å². The van der Waals surface area contributed by atoms with E-state index in [0.29, 0.717) is 11.4 Å². The molecule has 5 heteroatoms. The van der Waals surface area contributed by atoms with Gasteiger partial charge in [-0.25, -0.2) is 0 Å². The predicted octanol–water partition coefficient (Wildman–Crippen LogP) is 1.16. The van der Waals surface area contributed by atoms with E-state index in [1.807, 2.05) is 14.1 Å². The number of aliphatic hydroxyl groups is 1. The summed E-state index contributed by atoms with van der Waals surface area (Å²) in [4.78, 5) is 15.5. The van der Waals surface area contributed by atoms with Crippen LogP contribution in [0.15, 0.2) is 12.1 Å². The summed E-state index contributed by atoms with van der Waals surface area (Å²) in [6, 6.07) is 3.55. The molecule has 0 spiro atoms. The van der Waals surface area contributed by atoms with Crippen molar-refractivity contribution in [3.05, 3.63) is 21.9 Å². The van der Waals surface area contributed by atoms with Crippen LogP contribution in [-0.4, -0.2) is 48.7 Å². The summed E-state index contributed by atoms with van der Waals surface area (Å²) in [6.07, 6.45) is 0. The maximum Gasteiger partial charge on any atom is 0.261 e. The highest BCUT2D eigenvalue weighted by Crippen LogP contribution is 2.16. The molecule has 0 radical (unpaired) electrons. The summed E-state index contributed by atoms with van der Waals surface area (Å²) < 4.78 is 0. The second-order valence-corrected chi connectivity index (χ2v) is 6.10. The second-order valence-electron chi connectivity index (χ2n) is 5.01. The van der Waals surface area contributed by atoms with Gasteiger partial charge in [-0.3, -0.25) is 4.79 Å². The average Bonchev–Trinajstić information content (AvgIpc) is 2.82. The first-order chi connectivity index (χ1) is 8.86. The van der Waals surface area contributed by atoms with Crippen LogP contribution in [0.4, 0.5) is 0 Å². The molecule has 0 bridgehead atoms. The minimum absolute atomic E-state index is 0.0861. The molecule has 1 heterocycles. The second kappa shape index (κ2) is 6.71. The number of nitrogens with one attached hydrogen (secondary N) is 1. The Kier molecular flexibility index (Phi) is 5.55. The first-order valence-electron chi connectivity index (χ1n) is 6.02. The van der Waals surface area contributed by atoms with E-state index in [4.69, 9.17) is 5.11 Å². The lowest BCUT2D eigenvalue weighted by molar-refractivity contribution is 0.0924. The van der Waals surface area contributed by atoms with Crippen molar-refractivity contribution >= 4 is 17.2 Å². The van der Waals surface area contributed by atoms with Crippen molar-refractivity contribution in [1.82, 2.24) is 10.2 Å². The number of carbonyl (C=O) groups is 1. The number of rotatable bonds is 4. The van der Waals surface area contributed by atoms with Crippen LogP contribution >= 0.6 is 11.3 Å². The van der Waals surface area contributed by atoms with Gasteiger partial charge in [-0.1, -0.05) is 11.8 Å². The topological polar surface area (TPSA) is 52.6 Å². The fourth-order valence-electron chi connectivity index (χ4n) is 1.20. The van der Waals surface area contributed by atoms with Gasteiger partial charge in [0.1, 0.15) is 6.61 Å². The van der Waals surface area contributed by atoms with Crippen LogP contribution in [-0.2, 0) is 0 Å². The Morgan fingerprint density at radius 2 is 2.16 bits per heavy atom. The Morgan fingerprint density at radius 3 is 2.74 bits per heavy atom. The Bertz CT molecular complexity index is 495. The fourth-order valence-corrected chi connectivity index (χ4v) is 1.99. The smallest absolute Gasteiger partial charge is 0.261 e. The SMILES string of the molecule is CN(C)C(C)(C)CNC(=O)c1ccc(C#CCO)s1. The number of carbonyl (C=O) groups excluding carboxylic acids is 1. The van der Waals surface area contributed by atoms with Gasteiger partial charge in [0.15, 0.2) is 0 Å². The van der Waals surface area contributed by atoms with Crippen molar-refractivity contribution in [3.63, 3.8) is 0 Å². The van der Waals surface area contributed by atoms with E-state index in [-0.39, 0.29) is 18.1 Å². The average molecular weight is 280 g/mol. The highest BCUT2D eigenvalue weighted by molar-refractivity contribution is 7.14. The lowest BCUT2D eigenvalue weighted by Gasteiger charge is -2.32. The molecule has 0 aromatic carbocycles. The standard InChI is InChI=1S/C14H20N2O2S/c1-14(2,16(3)4)10-15-13(18)12-8-7-11(19-12)6-5-9-17/h7-8,17H,9-10H2,1-4H3,(H,15,18). The summed E-state index contributed by atoms with van der Waals surface area (Å²) in [5.41, 5.74) is -0.0908. The van der Waals surface area contributed by atoms with Crippen LogP contribution < -0.4 is 5.32 Å². The van der Waals surface area contributed by atoms with E-state index in [0.717, 1.165) is 4.88 Å². The van der Waals surface area contributed by atoms with Crippen molar-refractivity contribution in [3.8, 4) is 11.8 Å². The molecule has 4 nitrogen and oxygen atoms in total. The van der Waals surface area contributed by atoms with Crippen LogP contribution in [0.1, 0.15) is 28.4 Å². The molecule has 1 amide bonds. The summed E-state index contributed by atoms with van der Waals surface area (Å²) >= 11 is 1.33. The quantitative estimate of drug-likeness (QED) is 0.814. The van der Waals surface area contributed by atoms with Crippen LogP contribution in [0.5, 0.6) is 0 Å². The highest BCUT2D eigenvalue weighted by atomic mass is 32.1. The molecular formula is C14H20N2O2S. The van der Waals surface area contributed by atoms with E-state index in [9.17, 15) is 4.79 Å². The van der Waals surface area contributed by atoms with E-state index >= 15 is 0 Å². The van der Waals surface area contributed by atoms with Gasteiger partial charge in [-0.2, -0.15) is 0 Å². The van der Waals surface area contributed by atoms with Crippen LogP contribution in [0.3, 0.4) is 0 Å². The zero-order valence-corrected chi connectivity index (χ0v) is 12.6. The largest absolute Gasteiger partial charge is 0.384 e. The van der Waals surface area contributed by atoms with E-state index < -0.39 is 0 Å². The van der Waals surface area contributed by atoms with Gasteiger partial charge in [0, 0.05) is 12.1 Å². The number of amides is 1. The summed E-state index contributed by atoms with van der Waals surface area (Å²) in [5.74, 6) is 5.27. The molecule has 0 fully saturated rings. The zero-order chi connectivity index (χ0) is 14.5. The lowest BCUT2D eigenvalue weighted by Crippen LogP contribution is -2.48. The van der Waals surface area contributed by atoms with Crippen LogP contribution in [0.25, 0.3) is 0 Å². The first-order valence-corrected chi connectivity index (χ1v) is 6.83. The molecule has 0 saturated carbocycles. The molecule has 0 aliphatic rings. The maximum absolute atomic E-state index is 12.0. The first kappa shape index (κ1) is 15.7. The molecule has 0 unspecified atom stereocenters. The number of thiophene rings is 1. The minimum Gasteiger partial charge on any atom is -0.384 e. The van der Waals surface area contributed by atoms with Gasteiger partial charge in [0.25, 0.3) is 5.91 Å². The molecule has 19 heavy (non-hydrogen) atoms. The van der Waals surface area contributed by atoms with Crippen LogP contribution in [0, 0.1) is 11.8 Å². The Labute approximate surface area is 118 Å². The number of hydrogen-bond donors (Lipinski definition) is 2. The molecule has 1 aromatic rings. The summed E-state index contributed by atoms with van der Waals surface area (Å²) in [7, 11) is 3.97. The lowest BCUT2D eigenvalue weighted by atomic mass is 10.0. The number of hydrogen-bond acceptors (Lipinski definition) is 4. The van der Waals surface area contributed by atoms with Crippen LogP contribution in [0.2, 0.25) is 0 Å². The highest BCUT2D eigenvalue weighted by Gasteiger charge is 2.21. The van der Waals surface area contributed by atoms with Crippen molar-refractivity contribution in [1.29, 1.82) is 0 Å². The maximum atomic E-state index is 12.0. The van der Waals surface area contributed by atoms with Gasteiger partial charge < -0.3 is 15.3 Å². The number of nitrogens with zero attached hydrogens (tertiary/aromatic N) is 1. The van der Waals surface area contributed by atoms with Crippen molar-refractivity contribution in [2.24, 2.45) is 0 Å². The molecule has 104 valence electrons. The van der Waals surface area contributed by atoms with E-state index in [2.05, 4.69) is 35.9 Å². The van der Waals surface area contributed by atoms with Gasteiger partial charge in [0.05, 0.1) is 9.75 Å². The van der Waals surface area contributed by atoms with Crippen molar-refractivity contribution in [2.45, 2.75) is 19.4 Å². The Hall–Kier alpha value is -1.35. The number of aliphatic hydroxyl groups excluding tert-OH is 1. The van der Waals surface area contributed by atoms with Gasteiger partial charge in [0.2, 0.25) is 0 Å².